The molecule has 1 atom stereocenters. The SMILES string of the molecule is CCOc1ccc(C(NC)c2cccc(C)c2Br)cc1Br. The summed E-state index contributed by atoms with van der Waals surface area (Å²) in [5.74, 6) is 0.874. The highest BCUT2D eigenvalue weighted by molar-refractivity contribution is 9.10. The van der Waals surface area contributed by atoms with E-state index < -0.39 is 0 Å². The van der Waals surface area contributed by atoms with Gasteiger partial charge in [-0.25, -0.2) is 0 Å². The molecule has 0 spiro atoms. The van der Waals surface area contributed by atoms with Gasteiger partial charge >= 0.3 is 0 Å². The van der Waals surface area contributed by atoms with E-state index in [1.54, 1.807) is 0 Å². The van der Waals surface area contributed by atoms with Crippen molar-refractivity contribution < 1.29 is 4.74 Å². The first kappa shape index (κ1) is 16.5. The Morgan fingerprint density at radius 2 is 1.95 bits per heavy atom. The van der Waals surface area contributed by atoms with Crippen LogP contribution in [0.4, 0.5) is 0 Å². The van der Waals surface area contributed by atoms with Crippen molar-refractivity contribution in [3.63, 3.8) is 0 Å². The predicted molar refractivity (Wildman–Crippen MR) is 95.1 cm³/mol. The lowest BCUT2D eigenvalue weighted by Crippen LogP contribution is -2.18. The molecule has 2 aromatic rings. The Morgan fingerprint density at radius 1 is 1.19 bits per heavy atom. The van der Waals surface area contributed by atoms with Crippen LogP contribution in [0.5, 0.6) is 5.75 Å². The van der Waals surface area contributed by atoms with Crippen molar-refractivity contribution in [1.29, 1.82) is 0 Å². The Hall–Kier alpha value is -0.840. The van der Waals surface area contributed by atoms with E-state index in [-0.39, 0.29) is 6.04 Å². The first-order chi connectivity index (χ1) is 10.1. The summed E-state index contributed by atoms with van der Waals surface area (Å²) in [5, 5.41) is 3.39. The maximum atomic E-state index is 5.58. The van der Waals surface area contributed by atoms with Crippen LogP contribution < -0.4 is 10.1 Å². The summed E-state index contributed by atoms with van der Waals surface area (Å²) in [6, 6.07) is 12.7. The zero-order chi connectivity index (χ0) is 15.4. The quantitative estimate of drug-likeness (QED) is 0.725. The van der Waals surface area contributed by atoms with E-state index >= 15 is 0 Å². The molecular formula is C17H19Br2NO. The monoisotopic (exact) mass is 411 g/mol. The van der Waals surface area contributed by atoms with E-state index in [9.17, 15) is 0 Å². The van der Waals surface area contributed by atoms with E-state index in [1.807, 2.05) is 20.0 Å². The molecule has 0 aliphatic rings. The van der Waals surface area contributed by atoms with Gasteiger partial charge < -0.3 is 10.1 Å². The molecule has 0 amide bonds. The van der Waals surface area contributed by atoms with Crippen LogP contribution in [0.3, 0.4) is 0 Å². The molecule has 21 heavy (non-hydrogen) atoms. The third-order valence-corrected chi connectivity index (χ3v) is 5.11. The number of aryl methyl sites for hydroxylation is 1. The predicted octanol–water partition coefficient (Wildman–Crippen LogP) is 5.23. The summed E-state index contributed by atoms with van der Waals surface area (Å²) in [5.41, 5.74) is 3.66. The largest absolute Gasteiger partial charge is 0.493 e. The molecule has 112 valence electrons. The molecule has 0 aliphatic heterocycles. The molecule has 1 N–H and O–H groups in total. The standard InChI is InChI=1S/C17H19Br2NO/c1-4-21-15-9-8-12(10-14(15)18)17(20-3)13-7-5-6-11(2)16(13)19/h5-10,17,20H,4H2,1-3H3. The van der Waals surface area contributed by atoms with Gasteiger partial charge in [-0.05, 0) is 65.6 Å². The minimum atomic E-state index is 0.131. The molecule has 0 aliphatic carbocycles. The van der Waals surface area contributed by atoms with Gasteiger partial charge in [-0.2, -0.15) is 0 Å². The first-order valence-corrected chi connectivity index (χ1v) is 8.51. The summed E-state index contributed by atoms with van der Waals surface area (Å²) >= 11 is 7.29. The molecule has 0 aromatic heterocycles. The van der Waals surface area contributed by atoms with Crippen molar-refractivity contribution in [3.8, 4) is 5.75 Å². The van der Waals surface area contributed by atoms with E-state index in [0.29, 0.717) is 6.61 Å². The van der Waals surface area contributed by atoms with Crippen molar-refractivity contribution in [1.82, 2.24) is 5.32 Å². The third kappa shape index (κ3) is 3.68. The van der Waals surface area contributed by atoms with Crippen molar-refractivity contribution >= 4 is 31.9 Å². The van der Waals surface area contributed by atoms with Crippen LogP contribution in [0.25, 0.3) is 0 Å². The molecule has 2 rings (SSSR count). The van der Waals surface area contributed by atoms with E-state index in [0.717, 1.165) is 14.7 Å². The van der Waals surface area contributed by atoms with Gasteiger partial charge in [0.1, 0.15) is 5.75 Å². The zero-order valence-corrected chi connectivity index (χ0v) is 15.6. The van der Waals surface area contributed by atoms with Gasteiger partial charge in [-0.15, -0.1) is 0 Å². The highest BCUT2D eigenvalue weighted by atomic mass is 79.9. The van der Waals surface area contributed by atoms with E-state index in [4.69, 9.17) is 4.74 Å². The number of hydrogen-bond acceptors (Lipinski definition) is 2. The number of ether oxygens (including phenoxy) is 1. The minimum absolute atomic E-state index is 0.131. The summed E-state index contributed by atoms with van der Waals surface area (Å²) in [4.78, 5) is 0. The molecule has 1 unspecified atom stereocenters. The van der Waals surface area contributed by atoms with E-state index in [2.05, 4.69) is 74.4 Å². The summed E-state index contributed by atoms with van der Waals surface area (Å²) in [6.45, 7) is 4.76. The lowest BCUT2D eigenvalue weighted by Gasteiger charge is -2.20. The van der Waals surface area contributed by atoms with Crippen LogP contribution in [0, 0.1) is 6.92 Å². The van der Waals surface area contributed by atoms with Crippen molar-refractivity contribution in [3.05, 3.63) is 62.0 Å². The molecule has 0 heterocycles. The fourth-order valence-corrected chi connectivity index (χ4v) is 3.37. The van der Waals surface area contributed by atoms with Crippen LogP contribution in [0.2, 0.25) is 0 Å². The highest BCUT2D eigenvalue weighted by Gasteiger charge is 2.17. The van der Waals surface area contributed by atoms with Crippen molar-refractivity contribution in [2.75, 3.05) is 13.7 Å². The molecule has 2 aromatic carbocycles. The number of hydrogen-bond donors (Lipinski definition) is 1. The molecular weight excluding hydrogens is 394 g/mol. The maximum Gasteiger partial charge on any atom is 0.133 e. The van der Waals surface area contributed by atoms with Gasteiger partial charge in [0.2, 0.25) is 0 Å². The topological polar surface area (TPSA) is 21.3 Å². The Labute approximate surface area is 143 Å². The van der Waals surface area contributed by atoms with E-state index in [1.165, 1.54) is 16.7 Å². The van der Waals surface area contributed by atoms with Gasteiger partial charge in [-0.1, -0.05) is 40.2 Å². The van der Waals surface area contributed by atoms with Gasteiger partial charge in [-0.3, -0.25) is 0 Å². The smallest absolute Gasteiger partial charge is 0.133 e. The minimum Gasteiger partial charge on any atom is -0.493 e. The Morgan fingerprint density at radius 3 is 2.57 bits per heavy atom. The van der Waals surface area contributed by atoms with Crippen LogP contribution in [-0.4, -0.2) is 13.7 Å². The third-order valence-electron chi connectivity index (χ3n) is 3.41. The fourth-order valence-electron chi connectivity index (χ4n) is 2.36. The Bertz CT molecular complexity index is 628. The average Bonchev–Trinajstić information content (AvgIpc) is 2.47. The second-order valence-electron chi connectivity index (χ2n) is 4.82. The molecule has 0 saturated carbocycles. The summed E-state index contributed by atoms with van der Waals surface area (Å²) in [6.07, 6.45) is 0. The number of halogens is 2. The van der Waals surface area contributed by atoms with Crippen LogP contribution >= 0.6 is 31.9 Å². The second-order valence-corrected chi connectivity index (χ2v) is 6.47. The van der Waals surface area contributed by atoms with Crippen LogP contribution in [0.1, 0.15) is 29.7 Å². The zero-order valence-electron chi connectivity index (χ0n) is 12.4. The highest BCUT2D eigenvalue weighted by Crippen LogP contribution is 2.34. The molecule has 0 bridgehead atoms. The normalized spacial score (nSPS) is 12.2. The molecule has 4 heteroatoms. The second kappa shape index (κ2) is 7.43. The summed E-state index contributed by atoms with van der Waals surface area (Å²) in [7, 11) is 1.98. The fraction of sp³-hybridized carbons (Fsp3) is 0.294. The molecule has 2 nitrogen and oxygen atoms in total. The molecule has 0 fully saturated rings. The first-order valence-electron chi connectivity index (χ1n) is 6.93. The van der Waals surface area contributed by atoms with Gasteiger partial charge in [0.25, 0.3) is 0 Å². The van der Waals surface area contributed by atoms with Crippen molar-refractivity contribution in [2.24, 2.45) is 0 Å². The average molecular weight is 413 g/mol. The number of rotatable bonds is 5. The summed E-state index contributed by atoms with van der Waals surface area (Å²) < 4.78 is 7.70. The van der Waals surface area contributed by atoms with Crippen LogP contribution in [-0.2, 0) is 0 Å². The number of nitrogens with one attached hydrogen (secondary N) is 1. The Balaban J connectivity index is 2.42. The lowest BCUT2D eigenvalue weighted by atomic mass is 9.97. The number of benzene rings is 2. The molecule has 0 saturated heterocycles. The van der Waals surface area contributed by atoms with Crippen LogP contribution in [0.15, 0.2) is 45.3 Å². The van der Waals surface area contributed by atoms with Gasteiger partial charge in [0.15, 0.2) is 0 Å². The van der Waals surface area contributed by atoms with Crippen molar-refractivity contribution in [2.45, 2.75) is 19.9 Å². The lowest BCUT2D eigenvalue weighted by molar-refractivity contribution is 0.338. The molecule has 0 radical (unpaired) electrons. The Kier molecular flexibility index (Phi) is 5.85. The van der Waals surface area contributed by atoms with Gasteiger partial charge in [0, 0.05) is 4.47 Å². The maximum absolute atomic E-state index is 5.58. The van der Waals surface area contributed by atoms with Gasteiger partial charge in [0.05, 0.1) is 17.1 Å².